The minimum absolute atomic E-state index is 0.160. The number of aliphatic hydroxyl groups excluding tert-OH is 1. The van der Waals surface area contributed by atoms with Crippen LogP contribution in [0.15, 0.2) is 17.3 Å². The van der Waals surface area contributed by atoms with Crippen molar-refractivity contribution in [2.45, 2.75) is 24.0 Å². The Labute approximate surface area is 97.9 Å². The van der Waals surface area contributed by atoms with Crippen LogP contribution in [0.3, 0.4) is 0 Å². The average molecular weight is 263 g/mol. The lowest BCUT2D eigenvalue weighted by Gasteiger charge is -2.16. The molecule has 3 N–H and O–H groups in total. The molecule has 17 heavy (non-hydrogen) atoms. The summed E-state index contributed by atoms with van der Waals surface area (Å²) in [4.78, 5) is 10.6. The SMILES string of the molecule is CC(O)C(NS(=O)(=O)c1cnn(C)c1)C(=O)O. The van der Waals surface area contributed by atoms with Gasteiger partial charge in [-0.25, -0.2) is 8.42 Å². The number of aryl methyl sites for hydroxylation is 1. The van der Waals surface area contributed by atoms with E-state index < -0.39 is 28.1 Å². The van der Waals surface area contributed by atoms with Crippen molar-refractivity contribution in [1.29, 1.82) is 0 Å². The van der Waals surface area contributed by atoms with E-state index in [1.165, 1.54) is 24.9 Å². The van der Waals surface area contributed by atoms with Crippen LogP contribution in [0.1, 0.15) is 6.92 Å². The molecular weight excluding hydrogens is 250 g/mol. The molecular formula is C8H13N3O5S. The molecule has 0 spiro atoms. The van der Waals surface area contributed by atoms with Crippen LogP contribution in [0.5, 0.6) is 0 Å². The van der Waals surface area contributed by atoms with Crippen molar-refractivity contribution < 1.29 is 23.4 Å². The Kier molecular flexibility index (Phi) is 3.86. The van der Waals surface area contributed by atoms with Crippen LogP contribution >= 0.6 is 0 Å². The number of carbonyl (C=O) groups is 1. The van der Waals surface area contributed by atoms with Crippen LogP contribution in [0, 0.1) is 0 Å². The molecule has 0 aliphatic carbocycles. The lowest BCUT2D eigenvalue weighted by molar-refractivity contribution is -0.141. The highest BCUT2D eigenvalue weighted by Crippen LogP contribution is 2.08. The Bertz CT molecular complexity index is 507. The topological polar surface area (TPSA) is 122 Å². The fraction of sp³-hybridized carbons (Fsp3) is 0.500. The maximum absolute atomic E-state index is 11.7. The zero-order chi connectivity index (χ0) is 13.2. The van der Waals surface area contributed by atoms with Gasteiger partial charge in [-0.2, -0.15) is 9.82 Å². The number of hydrogen-bond donors (Lipinski definition) is 3. The van der Waals surface area contributed by atoms with E-state index >= 15 is 0 Å². The third-order valence-corrected chi connectivity index (χ3v) is 3.42. The van der Waals surface area contributed by atoms with Gasteiger partial charge in [0.05, 0.1) is 12.3 Å². The number of rotatable bonds is 5. The van der Waals surface area contributed by atoms with Crippen molar-refractivity contribution in [3.63, 3.8) is 0 Å². The molecule has 0 aliphatic heterocycles. The van der Waals surface area contributed by atoms with Gasteiger partial charge in [0.15, 0.2) is 0 Å². The van der Waals surface area contributed by atoms with E-state index in [-0.39, 0.29) is 4.90 Å². The van der Waals surface area contributed by atoms with Crippen LogP contribution in [-0.4, -0.2) is 46.5 Å². The van der Waals surface area contributed by atoms with Crippen molar-refractivity contribution in [3.8, 4) is 0 Å². The van der Waals surface area contributed by atoms with Crippen molar-refractivity contribution in [2.75, 3.05) is 0 Å². The molecule has 0 saturated heterocycles. The number of sulfonamides is 1. The van der Waals surface area contributed by atoms with Crippen LogP contribution in [0.25, 0.3) is 0 Å². The Morgan fingerprint density at radius 2 is 2.18 bits per heavy atom. The molecule has 96 valence electrons. The molecule has 0 aromatic carbocycles. The highest BCUT2D eigenvalue weighted by atomic mass is 32.2. The van der Waals surface area contributed by atoms with Crippen LogP contribution in [0.2, 0.25) is 0 Å². The summed E-state index contributed by atoms with van der Waals surface area (Å²) in [5.41, 5.74) is 0. The molecule has 1 rings (SSSR count). The molecule has 2 atom stereocenters. The second-order valence-corrected chi connectivity index (χ2v) is 5.24. The quantitative estimate of drug-likeness (QED) is 0.596. The van der Waals surface area contributed by atoms with Gasteiger partial charge in [-0.15, -0.1) is 0 Å². The first-order valence-electron chi connectivity index (χ1n) is 4.66. The van der Waals surface area contributed by atoms with Crippen LogP contribution in [-0.2, 0) is 21.9 Å². The highest BCUT2D eigenvalue weighted by molar-refractivity contribution is 7.89. The van der Waals surface area contributed by atoms with Crippen LogP contribution < -0.4 is 4.72 Å². The van der Waals surface area contributed by atoms with Gasteiger partial charge in [-0.1, -0.05) is 0 Å². The van der Waals surface area contributed by atoms with Gasteiger partial charge in [0.1, 0.15) is 10.9 Å². The predicted molar refractivity (Wildman–Crippen MR) is 56.6 cm³/mol. The lowest BCUT2D eigenvalue weighted by Crippen LogP contribution is -2.47. The molecule has 0 saturated carbocycles. The molecule has 0 fully saturated rings. The summed E-state index contributed by atoms with van der Waals surface area (Å²) in [6.45, 7) is 1.19. The number of carboxylic acid groups (broad SMARTS) is 1. The molecule has 1 aromatic heterocycles. The van der Waals surface area contributed by atoms with E-state index in [0.717, 1.165) is 6.20 Å². The van der Waals surface area contributed by atoms with Crippen molar-refractivity contribution in [3.05, 3.63) is 12.4 Å². The molecule has 0 bridgehead atoms. The molecule has 1 aromatic rings. The van der Waals surface area contributed by atoms with E-state index in [2.05, 4.69) is 5.10 Å². The van der Waals surface area contributed by atoms with Gasteiger partial charge in [-0.05, 0) is 6.92 Å². The van der Waals surface area contributed by atoms with E-state index in [0.29, 0.717) is 0 Å². The standard InChI is InChI=1S/C8H13N3O5S/c1-5(12)7(8(13)14)10-17(15,16)6-3-9-11(2)4-6/h3-5,7,10,12H,1-2H3,(H,13,14). The third-order valence-electron chi connectivity index (χ3n) is 2.02. The third kappa shape index (κ3) is 3.25. The summed E-state index contributed by atoms with van der Waals surface area (Å²) in [5, 5.41) is 21.6. The van der Waals surface area contributed by atoms with Gasteiger partial charge in [0.25, 0.3) is 0 Å². The van der Waals surface area contributed by atoms with Gasteiger partial charge in [0, 0.05) is 13.2 Å². The summed E-state index contributed by atoms with van der Waals surface area (Å²) in [6.07, 6.45) is 0.964. The van der Waals surface area contributed by atoms with Gasteiger partial charge < -0.3 is 10.2 Å². The van der Waals surface area contributed by atoms with Crippen molar-refractivity contribution >= 4 is 16.0 Å². The number of nitrogens with one attached hydrogen (secondary N) is 1. The Morgan fingerprint density at radius 1 is 1.59 bits per heavy atom. The second-order valence-electron chi connectivity index (χ2n) is 3.53. The Balaban J connectivity index is 2.97. The van der Waals surface area contributed by atoms with Gasteiger partial charge in [0.2, 0.25) is 10.0 Å². The first-order chi connectivity index (χ1) is 7.74. The van der Waals surface area contributed by atoms with E-state index in [9.17, 15) is 13.2 Å². The maximum atomic E-state index is 11.7. The zero-order valence-corrected chi connectivity index (χ0v) is 10.0. The minimum atomic E-state index is -4.00. The number of carboxylic acids is 1. The minimum Gasteiger partial charge on any atom is -0.480 e. The summed E-state index contributed by atoms with van der Waals surface area (Å²) in [6, 6.07) is -1.60. The predicted octanol–water partition coefficient (Wildman–Crippen LogP) is -1.47. The molecule has 0 aliphatic rings. The maximum Gasteiger partial charge on any atom is 0.324 e. The fourth-order valence-corrected chi connectivity index (χ4v) is 2.37. The summed E-state index contributed by atoms with van der Waals surface area (Å²) >= 11 is 0. The number of nitrogens with zero attached hydrogens (tertiary/aromatic N) is 2. The molecule has 8 nitrogen and oxygen atoms in total. The van der Waals surface area contributed by atoms with Gasteiger partial charge in [-0.3, -0.25) is 9.48 Å². The number of hydrogen-bond acceptors (Lipinski definition) is 5. The van der Waals surface area contributed by atoms with E-state index in [1.54, 1.807) is 0 Å². The van der Waals surface area contributed by atoms with E-state index in [1.807, 2.05) is 4.72 Å². The fourth-order valence-electron chi connectivity index (χ4n) is 1.13. The largest absolute Gasteiger partial charge is 0.480 e. The molecule has 2 unspecified atom stereocenters. The van der Waals surface area contributed by atoms with Crippen molar-refractivity contribution in [2.24, 2.45) is 7.05 Å². The molecule has 1 heterocycles. The first kappa shape index (κ1) is 13.6. The highest BCUT2D eigenvalue weighted by Gasteiger charge is 2.29. The molecule has 0 radical (unpaired) electrons. The average Bonchev–Trinajstić information content (AvgIpc) is 2.61. The molecule has 0 amide bonds. The van der Waals surface area contributed by atoms with Gasteiger partial charge >= 0.3 is 5.97 Å². The van der Waals surface area contributed by atoms with E-state index in [4.69, 9.17) is 10.2 Å². The Hall–Kier alpha value is -1.45. The summed E-state index contributed by atoms with van der Waals surface area (Å²) in [7, 11) is -2.47. The number of aromatic nitrogens is 2. The van der Waals surface area contributed by atoms with Crippen molar-refractivity contribution in [1.82, 2.24) is 14.5 Å². The zero-order valence-electron chi connectivity index (χ0n) is 9.23. The van der Waals surface area contributed by atoms with Crippen LogP contribution in [0.4, 0.5) is 0 Å². The number of aliphatic carboxylic acids is 1. The normalized spacial score (nSPS) is 15.5. The smallest absolute Gasteiger partial charge is 0.324 e. The summed E-state index contributed by atoms with van der Waals surface area (Å²) < 4.78 is 26.6. The first-order valence-corrected chi connectivity index (χ1v) is 6.14. The lowest BCUT2D eigenvalue weighted by atomic mass is 10.2. The second kappa shape index (κ2) is 4.82. The monoisotopic (exact) mass is 263 g/mol. The Morgan fingerprint density at radius 3 is 2.53 bits per heavy atom. The molecule has 9 heteroatoms. The summed E-state index contributed by atoms with van der Waals surface area (Å²) in [5.74, 6) is -1.45. The number of aliphatic hydroxyl groups is 1.